The van der Waals surface area contributed by atoms with Gasteiger partial charge in [-0.3, -0.25) is 0 Å². The van der Waals surface area contributed by atoms with Crippen molar-refractivity contribution in [3.8, 4) is 11.4 Å². The van der Waals surface area contributed by atoms with Crippen LogP contribution in [0.15, 0.2) is 85.1 Å². The molecule has 0 saturated carbocycles. The van der Waals surface area contributed by atoms with Crippen LogP contribution in [0.25, 0.3) is 33.9 Å². The third-order valence-electron chi connectivity index (χ3n) is 4.98. The average Bonchev–Trinajstić information content (AvgIpc) is 2.84. The number of fused-ring (bicyclic) bond motifs is 1. The van der Waals surface area contributed by atoms with Gasteiger partial charge in [0.15, 0.2) is 5.82 Å². The lowest BCUT2D eigenvalue weighted by Gasteiger charge is -2.12. The summed E-state index contributed by atoms with van der Waals surface area (Å²) in [6.07, 6.45) is 5.25. The monoisotopic (exact) mass is 435 g/mol. The van der Waals surface area contributed by atoms with E-state index in [2.05, 4.69) is 5.32 Å². The molecule has 1 aromatic heterocycles. The van der Waals surface area contributed by atoms with E-state index in [1.807, 2.05) is 72.8 Å². The smallest absolute Gasteiger partial charge is 0.328 e. The van der Waals surface area contributed by atoms with Crippen LogP contribution in [-0.4, -0.2) is 27.3 Å². The number of benzene rings is 3. The number of hydrogen-bond acceptors (Lipinski definition) is 6. The van der Waals surface area contributed by atoms with Crippen molar-refractivity contribution >= 4 is 46.2 Å². The zero-order valence-corrected chi connectivity index (χ0v) is 17.6. The van der Waals surface area contributed by atoms with Crippen LogP contribution in [0, 0.1) is 5.41 Å². The summed E-state index contributed by atoms with van der Waals surface area (Å²) < 4.78 is 0. The van der Waals surface area contributed by atoms with Gasteiger partial charge in [0.2, 0.25) is 0 Å². The Hall–Kier alpha value is -4.78. The van der Waals surface area contributed by atoms with E-state index in [4.69, 9.17) is 26.2 Å². The quantitative estimate of drug-likeness (QED) is 0.237. The average molecular weight is 435 g/mol. The van der Waals surface area contributed by atoms with Crippen LogP contribution in [0.2, 0.25) is 0 Å². The molecule has 5 N–H and O–H groups in total. The molecular weight excluding hydrogens is 414 g/mol. The molecule has 7 nitrogen and oxygen atoms in total. The molecule has 0 atom stereocenters. The lowest BCUT2D eigenvalue weighted by molar-refractivity contribution is -0.131. The van der Waals surface area contributed by atoms with E-state index in [9.17, 15) is 4.79 Å². The fourth-order valence-electron chi connectivity index (χ4n) is 3.36. The van der Waals surface area contributed by atoms with Crippen LogP contribution >= 0.6 is 0 Å². The maximum absolute atomic E-state index is 10.8. The number of nitrogens with two attached hydrogens (primary N) is 1. The summed E-state index contributed by atoms with van der Waals surface area (Å²) in [4.78, 5) is 20.3. The Labute approximate surface area is 190 Å². The highest BCUT2D eigenvalue weighted by Crippen LogP contribution is 2.28. The predicted molar refractivity (Wildman–Crippen MR) is 132 cm³/mol. The van der Waals surface area contributed by atoms with Crippen LogP contribution < -0.4 is 11.1 Å². The molecule has 162 valence electrons. The van der Waals surface area contributed by atoms with Crippen molar-refractivity contribution < 1.29 is 9.90 Å². The molecule has 0 spiro atoms. The summed E-state index contributed by atoms with van der Waals surface area (Å²) in [6.45, 7) is 0. The SMILES string of the molecule is N=C/C(=C\N)c1ccc(Nc2nc(-c3cccc(/C=C/C(=O)O)c3)nc3ccccc23)cc1. The largest absolute Gasteiger partial charge is 0.478 e. The highest BCUT2D eigenvalue weighted by atomic mass is 16.4. The van der Waals surface area contributed by atoms with Gasteiger partial charge in [0.05, 0.1) is 5.52 Å². The second-order valence-electron chi connectivity index (χ2n) is 7.18. The number of carboxylic acids is 1. The molecule has 0 bridgehead atoms. The third kappa shape index (κ3) is 4.94. The molecule has 1 heterocycles. The van der Waals surface area contributed by atoms with E-state index >= 15 is 0 Å². The van der Waals surface area contributed by atoms with Gasteiger partial charge >= 0.3 is 5.97 Å². The minimum atomic E-state index is -1.01. The summed E-state index contributed by atoms with van der Waals surface area (Å²) in [5.41, 5.74) is 10.2. The summed E-state index contributed by atoms with van der Waals surface area (Å²) in [5, 5.41) is 20.6. The van der Waals surface area contributed by atoms with Crippen molar-refractivity contribution in [3.05, 3.63) is 96.2 Å². The molecular formula is C26H21N5O2. The van der Waals surface area contributed by atoms with Gasteiger partial charge in [-0.15, -0.1) is 0 Å². The van der Waals surface area contributed by atoms with Gasteiger partial charge in [0.25, 0.3) is 0 Å². The van der Waals surface area contributed by atoms with Crippen molar-refractivity contribution in [1.82, 2.24) is 9.97 Å². The van der Waals surface area contributed by atoms with Gasteiger partial charge in [-0.2, -0.15) is 0 Å². The molecule has 7 heteroatoms. The second kappa shape index (κ2) is 9.57. The predicted octanol–water partition coefficient (Wildman–Crippen LogP) is 5.09. The summed E-state index contributed by atoms with van der Waals surface area (Å²) in [5.74, 6) is 0.168. The molecule has 3 aromatic carbocycles. The van der Waals surface area contributed by atoms with Gasteiger partial charge in [-0.1, -0.05) is 42.5 Å². The molecule has 0 amide bonds. The number of carboxylic acid groups (broad SMARTS) is 1. The molecule has 4 aromatic rings. The van der Waals surface area contributed by atoms with Crippen LogP contribution in [0.3, 0.4) is 0 Å². The van der Waals surface area contributed by atoms with Crippen LogP contribution in [0.4, 0.5) is 11.5 Å². The number of aromatic nitrogens is 2. The fourth-order valence-corrected chi connectivity index (χ4v) is 3.36. The lowest BCUT2D eigenvalue weighted by atomic mass is 10.1. The van der Waals surface area contributed by atoms with E-state index in [0.717, 1.165) is 39.4 Å². The van der Waals surface area contributed by atoms with Crippen LogP contribution in [-0.2, 0) is 4.79 Å². The van der Waals surface area contributed by atoms with E-state index < -0.39 is 5.97 Å². The van der Waals surface area contributed by atoms with Gasteiger partial charge in [0.1, 0.15) is 5.82 Å². The zero-order valence-electron chi connectivity index (χ0n) is 17.6. The van der Waals surface area contributed by atoms with Gasteiger partial charge in [-0.25, -0.2) is 14.8 Å². The third-order valence-corrected chi connectivity index (χ3v) is 4.98. The molecule has 0 radical (unpaired) electrons. The number of hydrogen-bond donors (Lipinski definition) is 4. The fraction of sp³-hybridized carbons (Fsp3) is 0. The molecule has 4 rings (SSSR count). The standard InChI is InChI=1S/C26H21N5O2/c27-15-20(16-28)18-9-11-21(12-10-18)29-26-22-6-1-2-7-23(22)30-25(31-26)19-5-3-4-17(14-19)8-13-24(32)33/h1-16,27H,28H2,(H,32,33)(H,29,30,31)/b13-8+,20-16+,27-15?. The number of anilines is 2. The highest BCUT2D eigenvalue weighted by molar-refractivity contribution is 6.08. The number of para-hydroxylation sites is 1. The molecule has 0 aliphatic heterocycles. The van der Waals surface area contributed by atoms with Crippen LogP contribution in [0.5, 0.6) is 0 Å². The summed E-state index contributed by atoms with van der Waals surface area (Å²) in [6, 6.07) is 22.7. The Kier molecular flexibility index (Phi) is 6.22. The van der Waals surface area contributed by atoms with Gasteiger partial charge < -0.3 is 21.6 Å². The van der Waals surface area contributed by atoms with E-state index in [-0.39, 0.29) is 0 Å². The first-order chi connectivity index (χ1) is 16.1. The number of allylic oxidation sites excluding steroid dienone is 1. The molecule has 0 aliphatic carbocycles. The normalized spacial score (nSPS) is 11.6. The molecule has 0 saturated heterocycles. The number of carbonyl (C=O) groups is 1. The summed E-state index contributed by atoms with van der Waals surface area (Å²) in [7, 11) is 0. The molecule has 0 aliphatic rings. The van der Waals surface area contributed by atoms with E-state index in [1.165, 1.54) is 18.5 Å². The molecule has 0 fully saturated rings. The van der Waals surface area contributed by atoms with Crippen molar-refractivity contribution in [2.75, 3.05) is 5.32 Å². The molecule has 0 unspecified atom stereocenters. The second-order valence-corrected chi connectivity index (χ2v) is 7.18. The topological polar surface area (TPSA) is 125 Å². The minimum Gasteiger partial charge on any atom is -0.478 e. The summed E-state index contributed by atoms with van der Waals surface area (Å²) >= 11 is 0. The Morgan fingerprint density at radius 2 is 1.79 bits per heavy atom. The Bertz CT molecular complexity index is 1390. The van der Waals surface area contributed by atoms with Crippen molar-refractivity contribution in [3.63, 3.8) is 0 Å². The van der Waals surface area contributed by atoms with E-state index in [0.29, 0.717) is 17.2 Å². The van der Waals surface area contributed by atoms with E-state index in [1.54, 1.807) is 0 Å². The first-order valence-corrected chi connectivity index (χ1v) is 10.2. The highest BCUT2D eigenvalue weighted by Gasteiger charge is 2.10. The molecule has 33 heavy (non-hydrogen) atoms. The Morgan fingerprint density at radius 1 is 1.00 bits per heavy atom. The van der Waals surface area contributed by atoms with Gasteiger partial charge in [-0.05, 0) is 47.5 Å². The van der Waals surface area contributed by atoms with Crippen molar-refractivity contribution in [1.29, 1.82) is 5.41 Å². The first kappa shape index (κ1) is 21.5. The maximum atomic E-state index is 10.8. The van der Waals surface area contributed by atoms with Gasteiger partial charge in [0, 0.05) is 40.7 Å². The number of rotatable bonds is 7. The number of nitrogens with zero attached hydrogens (tertiary/aromatic N) is 2. The Balaban J connectivity index is 1.73. The van der Waals surface area contributed by atoms with Crippen LogP contribution in [0.1, 0.15) is 11.1 Å². The lowest BCUT2D eigenvalue weighted by Crippen LogP contribution is -2.00. The zero-order chi connectivity index (χ0) is 23.2. The minimum absolute atomic E-state index is 0.524. The van der Waals surface area contributed by atoms with Crippen molar-refractivity contribution in [2.24, 2.45) is 5.73 Å². The Morgan fingerprint density at radius 3 is 2.52 bits per heavy atom. The number of aliphatic carboxylic acids is 1. The maximum Gasteiger partial charge on any atom is 0.328 e. The first-order valence-electron chi connectivity index (χ1n) is 10.2. The van der Waals surface area contributed by atoms with Crippen molar-refractivity contribution in [2.45, 2.75) is 0 Å². The number of nitrogens with one attached hydrogen (secondary N) is 2.